The van der Waals surface area contributed by atoms with E-state index in [0.717, 1.165) is 6.42 Å². The smallest absolute Gasteiger partial charge is 0.219 e. The van der Waals surface area contributed by atoms with Crippen molar-refractivity contribution in [3.05, 3.63) is 0 Å². The highest BCUT2D eigenvalue weighted by molar-refractivity contribution is 5.73. The lowest BCUT2D eigenvalue weighted by Crippen LogP contribution is -2.44. The number of nitrogens with zero attached hydrogens (tertiary/aromatic N) is 1. The van der Waals surface area contributed by atoms with Gasteiger partial charge in [-0.2, -0.15) is 0 Å². The normalized spacial score (nSPS) is 34.3. The van der Waals surface area contributed by atoms with Crippen LogP contribution in [0.25, 0.3) is 0 Å². The van der Waals surface area contributed by atoms with Crippen LogP contribution < -0.4 is 0 Å². The van der Waals surface area contributed by atoms with Gasteiger partial charge in [0.1, 0.15) is 0 Å². The number of carbonyl (C=O) groups excluding carboxylic acids is 1. The second-order valence-corrected chi connectivity index (χ2v) is 3.66. The molecular weight excluding hydrogens is 170 g/mol. The molecule has 1 fully saturated rings. The average molecular weight is 187 g/mol. The van der Waals surface area contributed by atoms with Gasteiger partial charge in [-0.3, -0.25) is 4.79 Å². The summed E-state index contributed by atoms with van der Waals surface area (Å²) >= 11 is 0. The number of rotatable bonds is 1. The predicted molar refractivity (Wildman–Crippen MR) is 48.0 cm³/mol. The minimum atomic E-state index is -0.726. The summed E-state index contributed by atoms with van der Waals surface area (Å²) in [5.74, 6) is 0.0336. The fraction of sp³-hybridized carbons (Fsp3) is 0.889. The lowest BCUT2D eigenvalue weighted by molar-refractivity contribution is -0.176. The minimum Gasteiger partial charge on any atom is -0.368 e. The molecule has 0 bridgehead atoms. The molecule has 3 atom stereocenters. The Morgan fingerprint density at radius 3 is 2.62 bits per heavy atom. The van der Waals surface area contributed by atoms with Crippen LogP contribution in [0.1, 0.15) is 26.7 Å². The van der Waals surface area contributed by atoms with E-state index in [4.69, 9.17) is 4.74 Å². The number of carbonyl (C=O) groups is 1. The van der Waals surface area contributed by atoms with E-state index in [9.17, 15) is 9.90 Å². The van der Waals surface area contributed by atoms with Crippen molar-refractivity contribution in [2.24, 2.45) is 0 Å². The van der Waals surface area contributed by atoms with Crippen molar-refractivity contribution in [2.75, 3.05) is 7.05 Å². The van der Waals surface area contributed by atoms with Gasteiger partial charge in [0.2, 0.25) is 5.91 Å². The van der Waals surface area contributed by atoms with Gasteiger partial charge in [0.15, 0.2) is 6.29 Å². The van der Waals surface area contributed by atoms with Crippen molar-refractivity contribution in [3.63, 3.8) is 0 Å². The molecule has 1 saturated heterocycles. The van der Waals surface area contributed by atoms with Crippen LogP contribution in [0, 0.1) is 0 Å². The zero-order valence-electron chi connectivity index (χ0n) is 8.36. The highest BCUT2D eigenvalue weighted by Crippen LogP contribution is 2.21. The number of hydrogen-bond acceptors (Lipinski definition) is 3. The lowest BCUT2D eigenvalue weighted by atomic mass is 10.0. The van der Waals surface area contributed by atoms with Crippen LogP contribution in [-0.2, 0) is 9.53 Å². The molecule has 1 amide bonds. The SMILES string of the molecule is CC(=O)N(C)[C@H]1C[C@@H](C)O[C@@H](O)C1. The molecule has 1 N–H and O–H groups in total. The molecule has 0 unspecified atom stereocenters. The Morgan fingerprint density at radius 1 is 1.54 bits per heavy atom. The number of ether oxygens (including phenoxy) is 1. The Bertz CT molecular complexity index is 185. The third-order valence-electron chi connectivity index (χ3n) is 2.51. The van der Waals surface area contributed by atoms with Crippen LogP contribution in [0.2, 0.25) is 0 Å². The molecule has 0 aromatic heterocycles. The van der Waals surface area contributed by atoms with E-state index in [1.807, 2.05) is 6.92 Å². The van der Waals surface area contributed by atoms with E-state index in [1.54, 1.807) is 11.9 Å². The molecule has 1 heterocycles. The molecule has 1 rings (SSSR count). The van der Waals surface area contributed by atoms with Gasteiger partial charge in [0, 0.05) is 26.4 Å². The fourth-order valence-corrected chi connectivity index (χ4v) is 1.66. The molecular formula is C9H17NO3. The highest BCUT2D eigenvalue weighted by Gasteiger charge is 2.29. The maximum atomic E-state index is 11.1. The van der Waals surface area contributed by atoms with Crippen LogP contribution >= 0.6 is 0 Å². The van der Waals surface area contributed by atoms with Crippen LogP contribution in [0.5, 0.6) is 0 Å². The molecule has 1 aliphatic rings. The summed E-state index contributed by atoms with van der Waals surface area (Å²) in [6.07, 6.45) is 0.610. The first kappa shape index (κ1) is 10.5. The van der Waals surface area contributed by atoms with E-state index in [1.165, 1.54) is 6.92 Å². The second-order valence-electron chi connectivity index (χ2n) is 3.66. The molecule has 76 valence electrons. The average Bonchev–Trinajstić information content (AvgIpc) is 2.01. The molecule has 0 aromatic carbocycles. The van der Waals surface area contributed by atoms with Crippen LogP contribution in [0.15, 0.2) is 0 Å². The van der Waals surface area contributed by atoms with Gasteiger partial charge in [0.25, 0.3) is 0 Å². The van der Waals surface area contributed by atoms with Crippen LogP contribution in [0.4, 0.5) is 0 Å². The Balaban J connectivity index is 2.54. The van der Waals surface area contributed by atoms with Gasteiger partial charge in [-0.05, 0) is 13.3 Å². The first-order valence-electron chi connectivity index (χ1n) is 4.57. The minimum absolute atomic E-state index is 0.0237. The lowest BCUT2D eigenvalue weighted by Gasteiger charge is -2.36. The second kappa shape index (κ2) is 4.07. The summed E-state index contributed by atoms with van der Waals surface area (Å²) in [5, 5.41) is 9.32. The zero-order valence-corrected chi connectivity index (χ0v) is 8.36. The molecule has 4 nitrogen and oxygen atoms in total. The monoisotopic (exact) mass is 187 g/mol. The fourth-order valence-electron chi connectivity index (χ4n) is 1.66. The van der Waals surface area contributed by atoms with Gasteiger partial charge in [-0.15, -0.1) is 0 Å². The van der Waals surface area contributed by atoms with Gasteiger partial charge in [0.05, 0.1) is 6.10 Å². The summed E-state index contributed by atoms with van der Waals surface area (Å²) in [7, 11) is 1.76. The number of amides is 1. The number of aliphatic hydroxyl groups is 1. The molecule has 1 aliphatic heterocycles. The van der Waals surface area contributed by atoms with Gasteiger partial charge >= 0.3 is 0 Å². The highest BCUT2D eigenvalue weighted by atomic mass is 16.6. The van der Waals surface area contributed by atoms with Crippen molar-refractivity contribution in [1.29, 1.82) is 0 Å². The van der Waals surface area contributed by atoms with E-state index >= 15 is 0 Å². The first-order valence-corrected chi connectivity index (χ1v) is 4.57. The predicted octanol–water partition coefficient (Wildman–Crippen LogP) is 0.351. The Labute approximate surface area is 78.5 Å². The summed E-state index contributed by atoms with van der Waals surface area (Å²) in [4.78, 5) is 12.7. The summed E-state index contributed by atoms with van der Waals surface area (Å²) in [6.45, 7) is 3.44. The molecule has 13 heavy (non-hydrogen) atoms. The number of aliphatic hydroxyl groups excluding tert-OH is 1. The van der Waals surface area contributed by atoms with Gasteiger partial charge < -0.3 is 14.7 Å². The van der Waals surface area contributed by atoms with Gasteiger partial charge in [-0.1, -0.05) is 0 Å². The van der Waals surface area contributed by atoms with Crippen molar-refractivity contribution in [1.82, 2.24) is 4.90 Å². The Kier molecular flexibility index (Phi) is 3.27. The van der Waals surface area contributed by atoms with Crippen molar-refractivity contribution in [2.45, 2.75) is 45.1 Å². The molecule has 0 aliphatic carbocycles. The molecule has 0 saturated carbocycles. The van der Waals surface area contributed by atoms with Crippen molar-refractivity contribution in [3.8, 4) is 0 Å². The largest absolute Gasteiger partial charge is 0.368 e. The third kappa shape index (κ3) is 2.67. The van der Waals surface area contributed by atoms with Crippen LogP contribution in [0.3, 0.4) is 0 Å². The van der Waals surface area contributed by atoms with Gasteiger partial charge in [-0.25, -0.2) is 0 Å². The Hall–Kier alpha value is -0.610. The molecule has 0 spiro atoms. The van der Waals surface area contributed by atoms with E-state index in [-0.39, 0.29) is 18.1 Å². The molecule has 4 heteroatoms. The number of hydrogen-bond donors (Lipinski definition) is 1. The summed E-state index contributed by atoms with van der Waals surface area (Å²) < 4.78 is 5.16. The van der Waals surface area contributed by atoms with Crippen molar-refractivity contribution >= 4 is 5.91 Å². The van der Waals surface area contributed by atoms with E-state index < -0.39 is 6.29 Å². The zero-order chi connectivity index (χ0) is 10.0. The quantitative estimate of drug-likeness (QED) is 0.644. The van der Waals surface area contributed by atoms with E-state index in [0.29, 0.717) is 6.42 Å². The maximum Gasteiger partial charge on any atom is 0.219 e. The molecule has 0 radical (unpaired) electrons. The van der Waals surface area contributed by atoms with Crippen LogP contribution in [-0.4, -0.2) is 41.4 Å². The van der Waals surface area contributed by atoms with Crippen molar-refractivity contribution < 1.29 is 14.6 Å². The first-order chi connectivity index (χ1) is 6.00. The third-order valence-corrected chi connectivity index (χ3v) is 2.51. The standard InChI is InChI=1S/C9H17NO3/c1-6-4-8(5-9(12)13-6)10(3)7(2)11/h6,8-9,12H,4-5H2,1-3H3/t6-,8+,9-/m1/s1. The summed E-state index contributed by atoms with van der Waals surface area (Å²) in [6, 6.07) is 0.108. The molecule has 0 aromatic rings. The topological polar surface area (TPSA) is 49.8 Å². The maximum absolute atomic E-state index is 11.1. The Morgan fingerprint density at radius 2 is 2.15 bits per heavy atom. The summed E-state index contributed by atoms with van der Waals surface area (Å²) in [5.41, 5.74) is 0. The van der Waals surface area contributed by atoms with E-state index in [2.05, 4.69) is 0 Å².